The molecule has 0 bridgehead atoms. The zero-order chi connectivity index (χ0) is 7.33. The molecular weight excluding hydrogens is 132 g/mol. The van der Waals surface area contributed by atoms with Crippen LogP contribution in [-0.2, 0) is 0 Å². The van der Waals surface area contributed by atoms with Gasteiger partial charge in [0.25, 0.3) is 0 Å². The summed E-state index contributed by atoms with van der Waals surface area (Å²) in [6.07, 6.45) is 0. The highest BCUT2D eigenvalue weighted by atomic mass is 32.1. The second-order valence-corrected chi connectivity index (χ2v) is 3.71. The van der Waals surface area contributed by atoms with Crippen molar-refractivity contribution in [3.05, 3.63) is 0 Å². The van der Waals surface area contributed by atoms with Crippen LogP contribution >= 0.6 is 12.6 Å². The molecule has 0 aliphatic heterocycles. The predicted molar refractivity (Wildman–Crippen MR) is 45.0 cm³/mol. The van der Waals surface area contributed by atoms with Gasteiger partial charge in [0.05, 0.1) is 4.87 Å². The maximum absolute atomic E-state index is 4.29. The predicted octanol–water partition coefficient (Wildman–Crippen LogP) is 0.461. The highest BCUT2D eigenvalue weighted by molar-refractivity contribution is 7.81. The Bertz CT molecular complexity index is 67.9. The van der Waals surface area contributed by atoms with Crippen LogP contribution < -0.4 is 10.6 Å². The number of hydrogen-bond acceptors (Lipinski definition) is 3. The minimum absolute atomic E-state index is 0.0448. The van der Waals surface area contributed by atoms with Crippen molar-refractivity contribution in [2.45, 2.75) is 18.7 Å². The molecule has 0 unspecified atom stereocenters. The first-order valence-corrected chi connectivity index (χ1v) is 3.63. The van der Waals surface area contributed by atoms with Crippen LogP contribution in [0, 0.1) is 0 Å². The topological polar surface area (TPSA) is 24.1 Å². The molecule has 0 aromatic rings. The summed E-state index contributed by atoms with van der Waals surface area (Å²) in [5.41, 5.74) is 0. The molecule has 0 aliphatic rings. The quantitative estimate of drug-likeness (QED) is 0.306. The molecule has 0 spiro atoms. The van der Waals surface area contributed by atoms with Crippen LogP contribution in [-0.4, -0.2) is 25.0 Å². The lowest BCUT2D eigenvalue weighted by molar-refractivity contribution is 0.537. The van der Waals surface area contributed by atoms with Crippen LogP contribution in [0.25, 0.3) is 0 Å². The Morgan fingerprint density at radius 1 is 1.33 bits per heavy atom. The van der Waals surface area contributed by atoms with Crippen molar-refractivity contribution in [2.75, 3.05) is 20.1 Å². The van der Waals surface area contributed by atoms with Crippen LogP contribution in [0.1, 0.15) is 13.8 Å². The van der Waals surface area contributed by atoms with Crippen molar-refractivity contribution in [3.63, 3.8) is 0 Å². The van der Waals surface area contributed by atoms with Crippen LogP contribution in [0.5, 0.6) is 0 Å². The van der Waals surface area contributed by atoms with Gasteiger partial charge in [-0.1, -0.05) is 0 Å². The molecule has 0 amide bonds. The first kappa shape index (κ1) is 9.27. The van der Waals surface area contributed by atoms with Gasteiger partial charge < -0.3 is 10.6 Å². The average molecular weight is 148 g/mol. The van der Waals surface area contributed by atoms with Crippen molar-refractivity contribution >= 4 is 12.6 Å². The van der Waals surface area contributed by atoms with Crippen molar-refractivity contribution in [3.8, 4) is 0 Å². The SMILES string of the molecule is CNCCNC(C)(C)S. The summed E-state index contributed by atoms with van der Waals surface area (Å²) in [6, 6.07) is 0. The minimum Gasteiger partial charge on any atom is -0.318 e. The zero-order valence-electron chi connectivity index (χ0n) is 6.36. The fourth-order valence-electron chi connectivity index (χ4n) is 0.493. The van der Waals surface area contributed by atoms with E-state index in [9.17, 15) is 0 Å². The van der Waals surface area contributed by atoms with Crippen LogP contribution in [0.3, 0.4) is 0 Å². The molecule has 56 valence electrons. The van der Waals surface area contributed by atoms with Crippen LogP contribution in [0.4, 0.5) is 0 Å². The summed E-state index contributed by atoms with van der Waals surface area (Å²) in [7, 11) is 1.94. The van der Waals surface area contributed by atoms with Gasteiger partial charge in [0, 0.05) is 13.1 Å². The Morgan fingerprint density at radius 3 is 2.22 bits per heavy atom. The van der Waals surface area contributed by atoms with E-state index in [0.29, 0.717) is 0 Å². The van der Waals surface area contributed by atoms with E-state index in [0.717, 1.165) is 13.1 Å². The summed E-state index contributed by atoms with van der Waals surface area (Å²) in [5, 5.41) is 6.27. The molecule has 2 nitrogen and oxygen atoms in total. The smallest absolute Gasteiger partial charge is 0.0558 e. The van der Waals surface area contributed by atoms with Gasteiger partial charge in [-0.15, -0.1) is 0 Å². The molecule has 3 heteroatoms. The Hall–Kier alpha value is 0.270. The summed E-state index contributed by atoms with van der Waals surface area (Å²) >= 11 is 4.29. The van der Waals surface area contributed by atoms with Crippen LogP contribution in [0.2, 0.25) is 0 Å². The molecule has 0 saturated heterocycles. The Morgan fingerprint density at radius 2 is 1.89 bits per heavy atom. The first-order valence-electron chi connectivity index (χ1n) is 3.18. The van der Waals surface area contributed by atoms with Gasteiger partial charge in [-0.3, -0.25) is 0 Å². The van der Waals surface area contributed by atoms with E-state index in [1.54, 1.807) is 0 Å². The Labute approximate surface area is 62.8 Å². The van der Waals surface area contributed by atoms with Gasteiger partial charge in [-0.05, 0) is 20.9 Å². The van der Waals surface area contributed by atoms with E-state index in [4.69, 9.17) is 0 Å². The van der Waals surface area contributed by atoms with Crippen molar-refractivity contribution < 1.29 is 0 Å². The Balaban J connectivity index is 3.07. The van der Waals surface area contributed by atoms with E-state index in [-0.39, 0.29) is 4.87 Å². The molecule has 2 N–H and O–H groups in total. The number of rotatable bonds is 4. The van der Waals surface area contributed by atoms with Crippen LogP contribution in [0.15, 0.2) is 0 Å². The van der Waals surface area contributed by atoms with Gasteiger partial charge in [0.15, 0.2) is 0 Å². The number of hydrogen-bond donors (Lipinski definition) is 3. The maximum Gasteiger partial charge on any atom is 0.0558 e. The average Bonchev–Trinajstić information content (AvgIpc) is 1.63. The highest BCUT2D eigenvalue weighted by Gasteiger charge is 2.07. The fraction of sp³-hybridized carbons (Fsp3) is 1.00. The van der Waals surface area contributed by atoms with Gasteiger partial charge in [0.2, 0.25) is 0 Å². The lowest BCUT2D eigenvalue weighted by Gasteiger charge is -2.18. The second kappa shape index (κ2) is 4.14. The van der Waals surface area contributed by atoms with E-state index < -0.39 is 0 Å². The number of nitrogens with one attached hydrogen (secondary N) is 2. The third kappa shape index (κ3) is 8.27. The van der Waals surface area contributed by atoms with Gasteiger partial charge in [-0.25, -0.2) is 0 Å². The van der Waals surface area contributed by atoms with Crippen molar-refractivity contribution in [2.24, 2.45) is 0 Å². The molecule has 9 heavy (non-hydrogen) atoms. The number of likely N-dealkylation sites (N-methyl/N-ethyl adjacent to an activating group) is 1. The molecule has 0 heterocycles. The molecular formula is C6H16N2S. The van der Waals surface area contributed by atoms with Gasteiger partial charge in [-0.2, -0.15) is 12.6 Å². The monoisotopic (exact) mass is 148 g/mol. The second-order valence-electron chi connectivity index (χ2n) is 2.59. The van der Waals surface area contributed by atoms with E-state index in [1.807, 2.05) is 20.9 Å². The molecule has 0 rings (SSSR count). The molecule has 0 fully saturated rings. The standard InChI is InChI=1S/C6H16N2S/c1-6(2,9)8-5-4-7-3/h7-9H,4-5H2,1-3H3. The highest BCUT2D eigenvalue weighted by Crippen LogP contribution is 2.04. The fourth-order valence-corrected chi connectivity index (χ4v) is 0.605. The summed E-state index contributed by atoms with van der Waals surface area (Å²) in [6.45, 7) is 6.02. The third-order valence-electron chi connectivity index (χ3n) is 0.933. The normalized spacial score (nSPS) is 12.0. The van der Waals surface area contributed by atoms with E-state index >= 15 is 0 Å². The molecule has 0 aromatic heterocycles. The lowest BCUT2D eigenvalue weighted by atomic mass is 10.4. The van der Waals surface area contributed by atoms with Gasteiger partial charge >= 0.3 is 0 Å². The largest absolute Gasteiger partial charge is 0.318 e. The first-order chi connectivity index (χ1) is 4.06. The number of thiol groups is 1. The third-order valence-corrected chi connectivity index (χ3v) is 1.09. The summed E-state index contributed by atoms with van der Waals surface area (Å²) in [4.78, 5) is -0.0448. The summed E-state index contributed by atoms with van der Waals surface area (Å²) in [5.74, 6) is 0. The lowest BCUT2D eigenvalue weighted by Crippen LogP contribution is -2.37. The molecule has 0 aromatic carbocycles. The minimum atomic E-state index is -0.0448. The maximum atomic E-state index is 4.29. The molecule has 0 radical (unpaired) electrons. The molecule has 0 saturated carbocycles. The van der Waals surface area contributed by atoms with E-state index in [2.05, 4.69) is 23.3 Å². The Kier molecular flexibility index (Phi) is 4.27. The molecule has 0 aliphatic carbocycles. The van der Waals surface area contributed by atoms with Gasteiger partial charge in [0.1, 0.15) is 0 Å². The van der Waals surface area contributed by atoms with Crippen molar-refractivity contribution in [1.82, 2.24) is 10.6 Å². The van der Waals surface area contributed by atoms with Crippen molar-refractivity contribution in [1.29, 1.82) is 0 Å². The van der Waals surface area contributed by atoms with E-state index in [1.165, 1.54) is 0 Å². The zero-order valence-corrected chi connectivity index (χ0v) is 7.26. The summed E-state index contributed by atoms with van der Waals surface area (Å²) < 4.78 is 0. The molecule has 0 atom stereocenters.